The van der Waals surface area contributed by atoms with Gasteiger partial charge in [0.25, 0.3) is 5.91 Å². The topological polar surface area (TPSA) is 68.7 Å². The van der Waals surface area contributed by atoms with Gasteiger partial charge in [0.2, 0.25) is 5.88 Å². The molecule has 7 heteroatoms. The van der Waals surface area contributed by atoms with E-state index in [1.54, 1.807) is 31.2 Å². The van der Waals surface area contributed by atoms with Crippen molar-refractivity contribution in [3.05, 3.63) is 59.5 Å². The molecule has 0 spiro atoms. The molecule has 1 aromatic heterocycles. The fourth-order valence-electron chi connectivity index (χ4n) is 2.08. The Morgan fingerprint density at radius 3 is 2.68 bits per heavy atom. The van der Waals surface area contributed by atoms with Crippen LogP contribution in [0.2, 0.25) is 0 Å². The van der Waals surface area contributed by atoms with Crippen LogP contribution in [0.3, 0.4) is 0 Å². The van der Waals surface area contributed by atoms with Crippen molar-refractivity contribution in [1.82, 2.24) is 9.88 Å². The molecule has 1 heterocycles. The Hall–Kier alpha value is -2.96. The van der Waals surface area contributed by atoms with Crippen molar-refractivity contribution in [2.45, 2.75) is 13.5 Å². The van der Waals surface area contributed by atoms with Gasteiger partial charge in [0, 0.05) is 25.4 Å². The Morgan fingerprint density at radius 1 is 1.20 bits per heavy atom. The number of amides is 1. The minimum atomic E-state index is -0.704. The van der Waals surface area contributed by atoms with Crippen LogP contribution >= 0.6 is 0 Å². The summed E-state index contributed by atoms with van der Waals surface area (Å²) in [6.45, 7) is 1.75. The molecule has 0 fully saturated rings. The van der Waals surface area contributed by atoms with Gasteiger partial charge in [0.1, 0.15) is 11.4 Å². The summed E-state index contributed by atoms with van der Waals surface area (Å²) in [5.41, 5.74) is 0.532. The number of likely N-dealkylation sites (N-methyl/N-ethyl adjacent to an activating group) is 1. The van der Waals surface area contributed by atoms with Crippen molar-refractivity contribution in [1.29, 1.82) is 0 Å². The number of esters is 1. The van der Waals surface area contributed by atoms with Crippen molar-refractivity contribution in [3.63, 3.8) is 0 Å². The third-order valence-corrected chi connectivity index (χ3v) is 3.39. The van der Waals surface area contributed by atoms with E-state index in [0.717, 1.165) is 0 Å². The van der Waals surface area contributed by atoms with E-state index in [9.17, 15) is 14.0 Å². The monoisotopic (exact) mass is 346 g/mol. The molecule has 0 aliphatic rings. The summed E-state index contributed by atoms with van der Waals surface area (Å²) in [5.74, 6) is -1.39. The van der Waals surface area contributed by atoms with Crippen molar-refractivity contribution >= 4 is 11.9 Å². The number of halogens is 1. The van der Waals surface area contributed by atoms with Crippen molar-refractivity contribution < 1.29 is 23.5 Å². The molecule has 0 aliphatic carbocycles. The lowest BCUT2D eigenvalue weighted by Gasteiger charge is -2.17. The summed E-state index contributed by atoms with van der Waals surface area (Å²) in [6, 6.07) is 9.26. The minimum absolute atomic E-state index is 0.0835. The van der Waals surface area contributed by atoms with Gasteiger partial charge < -0.3 is 14.4 Å². The fourth-order valence-corrected chi connectivity index (χ4v) is 2.08. The number of pyridine rings is 1. The molecule has 0 saturated carbocycles. The third-order valence-electron chi connectivity index (χ3n) is 3.39. The maximum Gasteiger partial charge on any atom is 0.344 e. The number of benzene rings is 1. The minimum Gasteiger partial charge on any atom is -0.477 e. The van der Waals surface area contributed by atoms with Gasteiger partial charge in [0.15, 0.2) is 6.61 Å². The number of ether oxygens (including phenoxy) is 2. The van der Waals surface area contributed by atoms with E-state index in [0.29, 0.717) is 12.2 Å². The number of rotatable bonds is 7. The third kappa shape index (κ3) is 5.00. The summed E-state index contributed by atoms with van der Waals surface area (Å²) in [7, 11) is 1.51. The van der Waals surface area contributed by atoms with Crippen molar-refractivity contribution in [2.75, 3.05) is 20.3 Å². The maximum atomic E-state index is 13.6. The molecule has 0 aliphatic heterocycles. The molecule has 0 bridgehead atoms. The van der Waals surface area contributed by atoms with Gasteiger partial charge in [0.05, 0.1) is 6.61 Å². The van der Waals surface area contributed by atoms with Gasteiger partial charge in [-0.15, -0.1) is 0 Å². The Kier molecular flexibility index (Phi) is 6.45. The second kappa shape index (κ2) is 8.77. The second-order valence-electron chi connectivity index (χ2n) is 5.21. The van der Waals surface area contributed by atoms with Crippen LogP contribution in [0.15, 0.2) is 42.6 Å². The molecule has 0 atom stereocenters. The van der Waals surface area contributed by atoms with Crippen LogP contribution in [-0.4, -0.2) is 42.0 Å². The number of carbonyl (C=O) groups is 2. The van der Waals surface area contributed by atoms with E-state index in [1.165, 1.54) is 30.3 Å². The first-order chi connectivity index (χ1) is 12.0. The van der Waals surface area contributed by atoms with E-state index >= 15 is 0 Å². The lowest BCUT2D eigenvalue weighted by molar-refractivity contribution is -0.133. The van der Waals surface area contributed by atoms with Crippen LogP contribution in [-0.2, 0) is 16.1 Å². The van der Waals surface area contributed by atoms with Gasteiger partial charge >= 0.3 is 5.97 Å². The largest absolute Gasteiger partial charge is 0.477 e. The number of carbonyl (C=O) groups excluding carboxylic acids is 2. The normalized spacial score (nSPS) is 10.2. The summed E-state index contributed by atoms with van der Waals surface area (Å²) >= 11 is 0. The van der Waals surface area contributed by atoms with E-state index < -0.39 is 24.3 Å². The van der Waals surface area contributed by atoms with Crippen LogP contribution in [0.25, 0.3) is 0 Å². The summed E-state index contributed by atoms with van der Waals surface area (Å²) in [4.78, 5) is 29.4. The van der Waals surface area contributed by atoms with E-state index in [1.807, 2.05) is 0 Å². The van der Waals surface area contributed by atoms with Crippen LogP contribution in [0.1, 0.15) is 22.8 Å². The van der Waals surface area contributed by atoms with E-state index in [4.69, 9.17) is 9.47 Å². The molecule has 0 radical (unpaired) electrons. The smallest absolute Gasteiger partial charge is 0.344 e. The molecule has 2 rings (SSSR count). The van der Waals surface area contributed by atoms with Gasteiger partial charge in [-0.2, -0.15) is 0 Å². The Balaban J connectivity index is 1.93. The second-order valence-corrected chi connectivity index (χ2v) is 5.21. The molecule has 0 N–H and O–H groups in total. The number of nitrogens with zero attached hydrogens (tertiary/aromatic N) is 2. The summed E-state index contributed by atoms with van der Waals surface area (Å²) < 4.78 is 23.9. The lowest BCUT2D eigenvalue weighted by Crippen LogP contribution is -2.31. The number of aromatic nitrogens is 1. The van der Waals surface area contributed by atoms with Gasteiger partial charge in [-0.1, -0.05) is 18.2 Å². The predicted molar refractivity (Wildman–Crippen MR) is 88.6 cm³/mol. The number of hydrogen-bond donors (Lipinski definition) is 0. The quantitative estimate of drug-likeness (QED) is 0.720. The van der Waals surface area contributed by atoms with Crippen LogP contribution < -0.4 is 4.74 Å². The highest BCUT2D eigenvalue weighted by Gasteiger charge is 2.18. The Bertz CT molecular complexity index is 751. The van der Waals surface area contributed by atoms with Crippen molar-refractivity contribution in [3.8, 4) is 5.88 Å². The highest BCUT2D eigenvalue weighted by Crippen LogP contribution is 2.15. The first-order valence-electron chi connectivity index (χ1n) is 7.75. The SMILES string of the molecule is CCOc1ncccc1C(=O)OCC(=O)N(C)Cc1ccccc1F. The van der Waals surface area contributed by atoms with Gasteiger partial charge in [-0.05, 0) is 25.1 Å². The average Bonchev–Trinajstić information content (AvgIpc) is 2.62. The van der Waals surface area contributed by atoms with Crippen LogP contribution in [0.4, 0.5) is 4.39 Å². The highest BCUT2D eigenvalue weighted by molar-refractivity contribution is 5.93. The molecule has 132 valence electrons. The Morgan fingerprint density at radius 2 is 1.96 bits per heavy atom. The van der Waals surface area contributed by atoms with Crippen molar-refractivity contribution in [2.24, 2.45) is 0 Å². The molecule has 1 amide bonds. The molecule has 1 aromatic carbocycles. The van der Waals surface area contributed by atoms with Gasteiger partial charge in [-0.25, -0.2) is 14.2 Å². The molecule has 6 nitrogen and oxygen atoms in total. The Labute approximate surface area is 145 Å². The average molecular weight is 346 g/mol. The summed E-state index contributed by atoms with van der Waals surface area (Å²) in [6.07, 6.45) is 1.50. The highest BCUT2D eigenvalue weighted by atomic mass is 19.1. The molecular weight excluding hydrogens is 327 g/mol. The molecule has 0 saturated heterocycles. The standard InChI is InChI=1S/C18H19FN2O4/c1-3-24-17-14(8-6-10-20-17)18(23)25-12-16(22)21(2)11-13-7-4-5-9-15(13)19/h4-10H,3,11-12H2,1-2H3. The predicted octanol–water partition coefficient (Wildman–Crippen LogP) is 2.43. The number of hydrogen-bond acceptors (Lipinski definition) is 5. The van der Waals surface area contributed by atoms with Gasteiger partial charge in [-0.3, -0.25) is 4.79 Å². The van der Waals surface area contributed by atoms with Crippen LogP contribution in [0, 0.1) is 5.82 Å². The first-order valence-corrected chi connectivity index (χ1v) is 7.75. The fraction of sp³-hybridized carbons (Fsp3) is 0.278. The molecular formula is C18H19FN2O4. The zero-order chi connectivity index (χ0) is 18.2. The van der Waals surface area contributed by atoms with Crippen LogP contribution in [0.5, 0.6) is 5.88 Å². The maximum absolute atomic E-state index is 13.6. The molecule has 25 heavy (non-hydrogen) atoms. The zero-order valence-electron chi connectivity index (χ0n) is 14.1. The lowest BCUT2D eigenvalue weighted by atomic mass is 10.2. The molecule has 0 unspecified atom stereocenters. The zero-order valence-corrected chi connectivity index (χ0v) is 14.1. The van der Waals surface area contributed by atoms with E-state index in [-0.39, 0.29) is 18.0 Å². The molecule has 2 aromatic rings. The summed E-state index contributed by atoms with van der Waals surface area (Å²) in [5, 5.41) is 0. The van der Waals surface area contributed by atoms with E-state index in [2.05, 4.69) is 4.98 Å². The first kappa shape index (κ1) is 18.4.